The number of hydrogen-bond acceptors (Lipinski definition) is 5. The average Bonchev–Trinajstić information content (AvgIpc) is 2.74. The van der Waals surface area contributed by atoms with E-state index in [1.807, 2.05) is 25.1 Å². The topological polar surface area (TPSA) is 78.9 Å². The minimum Gasteiger partial charge on any atom is -0.497 e. The highest BCUT2D eigenvalue weighted by atomic mass is 35.5. The van der Waals surface area contributed by atoms with Crippen LogP contribution in [-0.4, -0.2) is 58.6 Å². The van der Waals surface area contributed by atoms with Crippen LogP contribution in [0.5, 0.6) is 5.75 Å². The molecule has 0 unspecified atom stereocenters. The van der Waals surface area contributed by atoms with Gasteiger partial charge in [0, 0.05) is 36.9 Å². The number of sulfonamides is 1. The molecule has 1 fully saturated rings. The van der Waals surface area contributed by atoms with Gasteiger partial charge in [0.15, 0.2) is 0 Å². The molecule has 9 heteroatoms. The molecule has 1 N–H and O–H groups in total. The van der Waals surface area contributed by atoms with E-state index in [4.69, 9.17) is 16.3 Å². The Morgan fingerprint density at radius 3 is 2.33 bits per heavy atom. The fourth-order valence-electron chi connectivity index (χ4n) is 3.47. The summed E-state index contributed by atoms with van der Waals surface area (Å²) < 4.78 is 32.7. The van der Waals surface area contributed by atoms with Crippen LogP contribution in [0.1, 0.15) is 12.5 Å². The fourth-order valence-corrected chi connectivity index (χ4v) is 4.83. The van der Waals surface area contributed by atoms with E-state index >= 15 is 0 Å². The number of aryl methyl sites for hydroxylation is 1. The molecule has 1 heterocycles. The summed E-state index contributed by atoms with van der Waals surface area (Å²) in [6.07, 6.45) is 0. The lowest BCUT2D eigenvalue weighted by Gasteiger charge is -2.37. The molecular weight excluding hydrogens is 426 g/mol. The Morgan fingerprint density at radius 2 is 1.73 bits per heavy atom. The first-order chi connectivity index (χ1) is 14.2. The Balaban J connectivity index is 1.60. The van der Waals surface area contributed by atoms with Gasteiger partial charge in [0.25, 0.3) is 0 Å². The predicted molar refractivity (Wildman–Crippen MR) is 118 cm³/mol. The van der Waals surface area contributed by atoms with Gasteiger partial charge in [-0.3, -0.25) is 4.79 Å². The quantitative estimate of drug-likeness (QED) is 0.730. The average molecular weight is 452 g/mol. The SMILES string of the molecule is COc1ccc(S(=O)(=O)N[C@@H](C)C(=O)N2CCN(c3cc(Cl)ccc3C)CC2)cc1. The van der Waals surface area contributed by atoms with Gasteiger partial charge in [-0.15, -0.1) is 0 Å². The lowest BCUT2D eigenvalue weighted by molar-refractivity contribution is -0.132. The van der Waals surface area contributed by atoms with E-state index in [9.17, 15) is 13.2 Å². The number of benzene rings is 2. The third-order valence-electron chi connectivity index (χ3n) is 5.18. The minimum absolute atomic E-state index is 0.0872. The normalized spacial score (nSPS) is 15.7. The number of piperazine rings is 1. The smallest absolute Gasteiger partial charge is 0.241 e. The van der Waals surface area contributed by atoms with Crippen LogP contribution < -0.4 is 14.4 Å². The van der Waals surface area contributed by atoms with Gasteiger partial charge in [0.05, 0.1) is 18.0 Å². The molecule has 30 heavy (non-hydrogen) atoms. The summed E-state index contributed by atoms with van der Waals surface area (Å²) in [5.41, 5.74) is 2.18. The van der Waals surface area contributed by atoms with Crippen LogP contribution in [0.3, 0.4) is 0 Å². The zero-order valence-electron chi connectivity index (χ0n) is 17.3. The second kappa shape index (κ2) is 9.24. The Hall–Kier alpha value is -2.29. The molecule has 0 aromatic heterocycles. The van der Waals surface area contributed by atoms with Gasteiger partial charge in [-0.2, -0.15) is 4.72 Å². The molecule has 7 nitrogen and oxygen atoms in total. The minimum atomic E-state index is -3.81. The van der Waals surface area contributed by atoms with Crippen molar-refractivity contribution in [2.24, 2.45) is 0 Å². The first-order valence-corrected chi connectivity index (χ1v) is 11.5. The van der Waals surface area contributed by atoms with Crippen molar-refractivity contribution in [3.63, 3.8) is 0 Å². The summed E-state index contributed by atoms with van der Waals surface area (Å²) in [5, 5.41) is 0.677. The van der Waals surface area contributed by atoms with E-state index in [1.165, 1.54) is 19.2 Å². The van der Waals surface area contributed by atoms with Crippen LogP contribution in [0.4, 0.5) is 5.69 Å². The van der Waals surface area contributed by atoms with E-state index in [2.05, 4.69) is 9.62 Å². The lowest BCUT2D eigenvalue weighted by atomic mass is 10.1. The van der Waals surface area contributed by atoms with Gasteiger partial charge in [-0.05, 0) is 55.8 Å². The Labute approximate surface area is 182 Å². The number of anilines is 1. The molecule has 0 bridgehead atoms. The number of nitrogens with zero attached hydrogens (tertiary/aromatic N) is 2. The van der Waals surface area contributed by atoms with Crippen molar-refractivity contribution in [3.05, 3.63) is 53.1 Å². The van der Waals surface area contributed by atoms with Gasteiger partial charge < -0.3 is 14.5 Å². The highest BCUT2D eigenvalue weighted by Gasteiger charge is 2.28. The third-order valence-corrected chi connectivity index (χ3v) is 6.97. The van der Waals surface area contributed by atoms with Gasteiger partial charge in [-0.25, -0.2) is 8.42 Å². The van der Waals surface area contributed by atoms with E-state index in [-0.39, 0.29) is 10.8 Å². The maximum atomic E-state index is 12.8. The number of carbonyl (C=O) groups is 1. The van der Waals surface area contributed by atoms with E-state index in [0.29, 0.717) is 37.0 Å². The third kappa shape index (κ3) is 5.06. The molecule has 3 rings (SSSR count). The molecule has 1 amide bonds. The zero-order chi connectivity index (χ0) is 21.9. The lowest BCUT2D eigenvalue weighted by Crippen LogP contribution is -2.54. The van der Waals surface area contributed by atoms with Crippen molar-refractivity contribution in [2.45, 2.75) is 24.8 Å². The maximum absolute atomic E-state index is 12.8. The highest BCUT2D eigenvalue weighted by molar-refractivity contribution is 7.89. The summed E-state index contributed by atoms with van der Waals surface area (Å²) in [6, 6.07) is 10.9. The molecular formula is C21H26ClN3O4S. The number of methoxy groups -OCH3 is 1. The molecule has 1 aliphatic rings. The molecule has 1 atom stereocenters. The summed E-state index contributed by atoms with van der Waals surface area (Å²) in [5.74, 6) is 0.320. The Kier molecular flexibility index (Phi) is 6.90. The Bertz CT molecular complexity index is 1000. The predicted octanol–water partition coefficient (Wildman–Crippen LogP) is 2.67. The number of halogens is 1. The second-order valence-corrected chi connectivity index (χ2v) is 9.41. The van der Waals surface area contributed by atoms with Gasteiger partial charge in [0.1, 0.15) is 5.75 Å². The standard InChI is InChI=1S/C21H26ClN3O4S/c1-15-4-5-17(22)14-20(15)24-10-12-25(13-11-24)21(26)16(2)23-30(27,28)19-8-6-18(29-3)7-9-19/h4-9,14,16,23H,10-13H2,1-3H3/t16-/m0/s1. The van der Waals surface area contributed by atoms with Crippen molar-refractivity contribution in [1.29, 1.82) is 0 Å². The maximum Gasteiger partial charge on any atom is 0.241 e. The molecule has 0 saturated carbocycles. The molecule has 2 aromatic rings. The van der Waals surface area contributed by atoms with Crippen LogP contribution in [-0.2, 0) is 14.8 Å². The number of rotatable bonds is 6. The molecule has 162 valence electrons. The fraction of sp³-hybridized carbons (Fsp3) is 0.381. The number of nitrogens with one attached hydrogen (secondary N) is 1. The molecule has 1 saturated heterocycles. The zero-order valence-corrected chi connectivity index (χ0v) is 18.8. The summed E-state index contributed by atoms with van der Waals surface area (Å²) >= 11 is 6.12. The first kappa shape index (κ1) is 22.4. The van der Waals surface area contributed by atoms with Gasteiger partial charge >= 0.3 is 0 Å². The van der Waals surface area contributed by atoms with Crippen LogP contribution in [0.15, 0.2) is 47.4 Å². The van der Waals surface area contributed by atoms with Crippen molar-refractivity contribution < 1.29 is 17.9 Å². The monoisotopic (exact) mass is 451 g/mol. The van der Waals surface area contributed by atoms with Crippen molar-refractivity contribution in [2.75, 3.05) is 38.2 Å². The second-order valence-electron chi connectivity index (χ2n) is 7.26. The van der Waals surface area contributed by atoms with Crippen LogP contribution >= 0.6 is 11.6 Å². The molecule has 2 aromatic carbocycles. The van der Waals surface area contributed by atoms with Crippen LogP contribution in [0.2, 0.25) is 5.02 Å². The van der Waals surface area contributed by atoms with Crippen molar-refractivity contribution >= 4 is 33.2 Å². The highest BCUT2D eigenvalue weighted by Crippen LogP contribution is 2.25. The van der Waals surface area contributed by atoms with Gasteiger partial charge in [0.2, 0.25) is 15.9 Å². The van der Waals surface area contributed by atoms with Crippen LogP contribution in [0, 0.1) is 6.92 Å². The summed E-state index contributed by atoms with van der Waals surface area (Å²) in [7, 11) is -2.30. The molecule has 0 radical (unpaired) electrons. The van der Waals surface area contributed by atoms with Crippen LogP contribution in [0.25, 0.3) is 0 Å². The van der Waals surface area contributed by atoms with E-state index in [1.54, 1.807) is 24.0 Å². The van der Waals surface area contributed by atoms with E-state index < -0.39 is 16.1 Å². The molecule has 1 aliphatic heterocycles. The van der Waals surface area contributed by atoms with E-state index in [0.717, 1.165) is 11.3 Å². The van der Waals surface area contributed by atoms with Gasteiger partial charge in [-0.1, -0.05) is 17.7 Å². The number of carbonyl (C=O) groups excluding carboxylic acids is 1. The molecule has 0 aliphatic carbocycles. The summed E-state index contributed by atoms with van der Waals surface area (Å²) in [6.45, 7) is 5.94. The number of ether oxygens (including phenoxy) is 1. The summed E-state index contributed by atoms with van der Waals surface area (Å²) in [4.78, 5) is 16.8. The molecule has 0 spiro atoms. The first-order valence-electron chi connectivity index (χ1n) is 9.67. The Morgan fingerprint density at radius 1 is 1.10 bits per heavy atom. The van der Waals surface area contributed by atoms with Crippen molar-refractivity contribution in [3.8, 4) is 5.75 Å². The largest absolute Gasteiger partial charge is 0.497 e. The number of amides is 1. The number of hydrogen-bond donors (Lipinski definition) is 1. The van der Waals surface area contributed by atoms with Crippen molar-refractivity contribution in [1.82, 2.24) is 9.62 Å².